The van der Waals surface area contributed by atoms with E-state index >= 15 is 0 Å². The minimum absolute atomic E-state index is 0.0714. The maximum Gasteiger partial charge on any atom is 0.246 e. The van der Waals surface area contributed by atoms with Gasteiger partial charge < -0.3 is 15.4 Å². The van der Waals surface area contributed by atoms with Gasteiger partial charge in [0.25, 0.3) is 0 Å². The molecule has 0 aromatic carbocycles. The fourth-order valence-electron chi connectivity index (χ4n) is 2.59. The van der Waals surface area contributed by atoms with Gasteiger partial charge in [0.15, 0.2) is 0 Å². The Morgan fingerprint density at radius 3 is 2.29 bits per heavy atom. The second-order valence-electron chi connectivity index (χ2n) is 10.2. The molecular formula is C23H47N3O2S2Si. The maximum atomic E-state index is 11.9. The molecule has 0 fully saturated rings. The Morgan fingerprint density at radius 1 is 1.10 bits per heavy atom. The molecule has 5 nitrogen and oxygen atoms in total. The van der Waals surface area contributed by atoms with Crippen molar-refractivity contribution in [1.29, 1.82) is 0 Å². The Labute approximate surface area is 201 Å². The summed E-state index contributed by atoms with van der Waals surface area (Å²) in [5.74, 6) is 7.24. The lowest BCUT2D eigenvalue weighted by atomic mass is 10.0. The van der Waals surface area contributed by atoms with Crippen LogP contribution < -0.4 is 16.0 Å². The fraction of sp³-hybridized carbons (Fsp3) is 0.870. The third-order valence-corrected chi connectivity index (χ3v) is 13.5. The highest BCUT2D eigenvalue weighted by Crippen LogP contribution is 2.55. The highest BCUT2D eigenvalue weighted by atomic mass is 33.1. The van der Waals surface area contributed by atoms with Gasteiger partial charge in [-0.05, 0) is 12.0 Å². The molecule has 0 aliphatic carbocycles. The fourth-order valence-corrected chi connectivity index (χ4v) is 8.31. The van der Waals surface area contributed by atoms with Crippen molar-refractivity contribution in [2.45, 2.75) is 84.1 Å². The van der Waals surface area contributed by atoms with Crippen LogP contribution in [-0.4, -0.2) is 63.5 Å². The molecule has 1 unspecified atom stereocenters. The normalized spacial score (nSPS) is 14.3. The number of ether oxygens (including phenoxy) is 1. The lowest BCUT2D eigenvalue weighted by molar-refractivity contribution is -0.125. The van der Waals surface area contributed by atoms with E-state index in [2.05, 4.69) is 82.1 Å². The lowest BCUT2D eigenvalue weighted by Gasteiger charge is -2.51. The molecule has 3 N–H and O–H groups in total. The van der Waals surface area contributed by atoms with E-state index in [-0.39, 0.29) is 22.4 Å². The van der Waals surface area contributed by atoms with Crippen LogP contribution in [0.4, 0.5) is 0 Å². The second-order valence-corrected chi connectivity index (χ2v) is 18.7. The molecule has 1 atom stereocenters. The van der Waals surface area contributed by atoms with Gasteiger partial charge in [-0.1, -0.05) is 94.6 Å². The van der Waals surface area contributed by atoms with E-state index in [1.54, 1.807) is 0 Å². The first-order valence-electron chi connectivity index (χ1n) is 11.3. The minimum atomic E-state index is -1.45. The Morgan fingerprint density at radius 2 is 1.74 bits per heavy atom. The summed E-state index contributed by atoms with van der Waals surface area (Å²) in [7, 11) is 2.41. The van der Waals surface area contributed by atoms with Crippen molar-refractivity contribution in [2.75, 3.05) is 38.6 Å². The van der Waals surface area contributed by atoms with E-state index < -0.39 is 8.07 Å². The Hall–Kier alpha value is -0.173. The minimum Gasteiger partial charge on any atom is -0.370 e. The molecule has 0 aromatic rings. The number of hydrogen-bond donors (Lipinski definition) is 3. The van der Waals surface area contributed by atoms with Crippen LogP contribution in [0, 0.1) is 17.8 Å². The number of hydrogen-bond acceptors (Lipinski definition) is 6. The summed E-state index contributed by atoms with van der Waals surface area (Å²) in [5.41, 5.74) is 0. The van der Waals surface area contributed by atoms with Crippen LogP contribution in [0.3, 0.4) is 0 Å². The predicted octanol–water partition coefficient (Wildman–Crippen LogP) is 4.58. The number of carbonyl (C=O) groups excluding carboxylic acids is 1. The van der Waals surface area contributed by atoms with E-state index in [0.29, 0.717) is 31.7 Å². The molecule has 0 spiro atoms. The van der Waals surface area contributed by atoms with Gasteiger partial charge in [0.05, 0.1) is 26.1 Å². The first kappa shape index (κ1) is 30.8. The summed E-state index contributed by atoms with van der Waals surface area (Å²) in [5, 5.41) is 10.2. The average Bonchev–Trinajstić information content (AvgIpc) is 2.63. The van der Waals surface area contributed by atoms with Gasteiger partial charge >= 0.3 is 0 Å². The largest absolute Gasteiger partial charge is 0.370 e. The molecule has 0 saturated carbocycles. The Bertz CT molecular complexity index is 584. The van der Waals surface area contributed by atoms with Gasteiger partial charge in [-0.2, -0.15) is 0 Å². The zero-order valence-electron chi connectivity index (χ0n) is 21.5. The number of nitrogens with one attached hydrogen (secondary N) is 3. The van der Waals surface area contributed by atoms with Crippen molar-refractivity contribution in [3.63, 3.8) is 0 Å². The Kier molecular flexibility index (Phi) is 14.8. The summed E-state index contributed by atoms with van der Waals surface area (Å²) in [4.78, 5) is 11.8. The highest BCUT2D eigenvalue weighted by molar-refractivity contribution is 8.77. The first-order chi connectivity index (χ1) is 14.2. The molecule has 182 valence electrons. The van der Waals surface area contributed by atoms with Gasteiger partial charge in [-0.15, -0.1) is 0 Å². The zero-order valence-corrected chi connectivity index (χ0v) is 24.2. The quantitative estimate of drug-likeness (QED) is 0.103. The monoisotopic (exact) mass is 489 g/mol. The molecule has 0 saturated heterocycles. The van der Waals surface area contributed by atoms with E-state index in [0.717, 1.165) is 12.3 Å². The molecule has 0 aliphatic heterocycles. The smallest absolute Gasteiger partial charge is 0.246 e. The van der Waals surface area contributed by atoms with Crippen molar-refractivity contribution in [1.82, 2.24) is 16.0 Å². The second kappa shape index (κ2) is 14.9. The molecule has 8 heteroatoms. The van der Waals surface area contributed by atoms with Crippen LogP contribution in [0.25, 0.3) is 0 Å². The lowest BCUT2D eigenvalue weighted by Crippen LogP contribution is -2.57. The maximum absolute atomic E-state index is 11.9. The molecule has 0 heterocycles. The number of carbonyl (C=O) groups is 1. The van der Waals surface area contributed by atoms with Crippen LogP contribution in [-0.2, 0) is 9.53 Å². The first-order valence-corrected chi connectivity index (χ1v) is 17.2. The average molecular weight is 490 g/mol. The van der Waals surface area contributed by atoms with Crippen LogP contribution in [0.1, 0.15) is 48.5 Å². The van der Waals surface area contributed by atoms with E-state index in [9.17, 15) is 4.79 Å². The molecule has 0 rings (SSSR count). The molecule has 0 bridgehead atoms. The van der Waals surface area contributed by atoms with Crippen LogP contribution in [0.2, 0.25) is 24.7 Å². The van der Waals surface area contributed by atoms with Crippen LogP contribution >= 0.6 is 21.6 Å². The number of amides is 1. The van der Waals surface area contributed by atoms with Crippen molar-refractivity contribution in [2.24, 2.45) is 5.92 Å². The van der Waals surface area contributed by atoms with Crippen molar-refractivity contribution in [3.8, 4) is 11.8 Å². The topological polar surface area (TPSA) is 62.4 Å². The van der Waals surface area contributed by atoms with E-state index in [4.69, 9.17) is 4.74 Å². The van der Waals surface area contributed by atoms with Crippen molar-refractivity contribution in [3.05, 3.63) is 0 Å². The summed E-state index contributed by atoms with van der Waals surface area (Å²) in [6.45, 7) is 25.5. The molecule has 1 amide bonds. The summed E-state index contributed by atoms with van der Waals surface area (Å²) in [6.07, 6.45) is 0. The molecule has 0 aliphatic rings. The van der Waals surface area contributed by atoms with Gasteiger partial charge in [0.1, 0.15) is 6.61 Å². The van der Waals surface area contributed by atoms with Crippen molar-refractivity contribution < 1.29 is 9.53 Å². The van der Waals surface area contributed by atoms with Gasteiger partial charge in [0, 0.05) is 30.8 Å². The third kappa shape index (κ3) is 12.6. The van der Waals surface area contributed by atoms with Gasteiger partial charge in [-0.25, -0.2) is 0 Å². The van der Waals surface area contributed by atoms with Crippen LogP contribution in [0.15, 0.2) is 0 Å². The summed E-state index contributed by atoms with van der Waals surface area (Å²) in [6, 6.07) is 0.519. The molecule has 31 heavy (non-hydrogen) atoms. The summed E-state index contributed by atoms with van der Waals surface area (Å²) < 4.78 is 5.60. The predicted molar refractivity (Wildman–Crippen MR) is 143 cm³/mol. The van der Waals surface area contributed by atoms with Crippen molar-refractivity contribution >= 4 is 35.6 Å². The third-order valence-electron chi connectivity index (χ3n) is 5.74. The van der Waals surface area contributed by atoms with E-state index in [1.807, 2.05) is 35.4 Å². The molecular weight excluding hydrogens is 442 g/mol. The van der Waals surface area contributed by atoms with Gasteiger partial charge in [0.2, 0.25) is 5.91 Å². The summed E-state index contributed by atoms with van der Waals surface area (Å²) >= 11 is 0. The Balaban J connectivity index is 4.58. The van der Waals surface area contributed by atoms with E-state index in [1.165, 1.54) is 0 Å². The van der Waals surface area contributed by atoms with Crippen LogP contribution in [0.5, 0.6) is 0 Å². The number of rotatable bonds is 15. The van der Waals surface area contributed by atoms with Gasteiger partial charge in [-0.3, -0.25) is 10.1 Å². The molecule has 0 radical (unpaired) electrons. The zero-order chi connectivity index (χ0) is 24.1. The molecule has 0 aromatic heterocycles. The standard InChI is InChI=1S/C23H47N3O2S2Si/c1-19(2)12-11-13-25-21(27)18-28-16-14-26-23(7,22(5,6)31(8,9)10)30-29-17-15-24-20(3)4/h19-20,24,26H,13-18H2,1-10H3,(H,25,27). The SMILES string of the molecule is CC(C)C#CCNC(=O)COCCNC(C)(SSCCNC(C)C)C(C)(C)[Si](C)(C)C. The highest BCUT2D eigenvalue weighted by Gasteiger charge is 2.49.